The number of hydrogen-bond acceptors (Lipinski definition) is 5. The quantitative estimate of drug-likeness (QED) is 0.897. The first-order valence-corrected chi connectivity index (χ1v) is 7.61. The van der Waals surface area contributed by atoms with Crippen molar-refractivity contribution in [3.8, 4) is 5.69 Å². The highest BCUT2D eigenvalue weighted by Crippen LogP contribution is 2.15. The van der Waals surface area contributed by atoms with Crippen molar-refractivity contribution in [2.45, 2.75) is 26.1 Å². The van der Waals surface area contributed by atoms with Crippen molar-refractivity contribution >= 4 is 11.9 Å². The Balaban J connectivity index is 1.78. The van der Waals surface area contributed by atoms with E-state index in [9.17, 15) is 9.59 Å². The van der Waals surface area contributed by atoms with Gasteiger partial charge in [-0.15, -0.1) is 5.10 Å². The van der Waals surface area contributed by atoms with Gasteiger partial charge in [0.05, 0.1) is 24.5 Å². The van der Waals surface area contributed by atoms with Crippen molar-refractivity contribution in [3.05, 3.63) is 41.7 Å². The number of aromatic nitrogens is 3. The van der Waals surface area contributed by atoms with Gasteiger partial charge < -0.3 is 14.7 Å². The van der Waals surface area contributed by atoms with E-state index >= 15 is 0 Å². The topological polar surface area (TPSA) is 97.6 Å². The Morgan fingerprint density at radius 2 is 1.96 bits per heavy atom. The molecule has 3 rings (SSSR count). The van der Waals surface area contributed by atoms with E-state index in [0.29, 0.717) is 6.54 Å². The first-order chi connectivity index (χ1) is 11.4. The molecule has 1 saturated heterocycles. The van der Waals surface area contributed by atoms with Crippen LogP contribution in [0.5, 0.6) is 0 Å². The van der Waals surface area contributed by atoms with Crippen molar-refractivity contribution < 1.29 is 19.4 Å². The summed E-state index contributed by atoms with van der Waals surface area (Å²) in [6.07, 6.45) is 0.170. The van der Waals surface area contributed by atoms with E-state index in [2.05, 4.69) is 10.3 Å². The first kappa shape index (κ1) is 16.1. The van der Waals surface area contributed by atoms with Crippen molar-refractivity contribution in [2.75, 3.05) is 13.1 Å². The van der Waals surface area contributed by atoms with E-state index in [0.717, 1.165) is 11.3 Å². The van der Waals surface area contributed by atoms with Crippen molar-refractivity contribution in [1.29, 1.82) is 0 Å². The van der Waals surface area contributed by atoms with Crippen LogP contribution in [-0.4, -0.2) is 62.2 Å². The minimum Gasteiger partial charge on any atom is -0.479 e. The summed E-state index contributed by atoms with van der Waals surface area (Å²) in [6, 6.07) is 7.66. The molecule has 2 aromatic rings. The normalized spacial score (nSPS) is 20.8. The van der Waals surface area contributed by atoms with Crippen LogP contribution in [0.1, 0.15) is 23.0 Å². The Morgan fingerprint density at radius 1 is 1.25 bits per heavy atom. The maximum absolute atomic E-state index is 12.6. The van der Waals surface area contributed by atoms with Gasteiger partial charge in [-0.2, -0.15) is 0 Å². The zero-order valence-corrected chi connectivity index (χ0v) is 13.4. The minimum atomic E-state index is -1.08. The lowest BCUT2D eigenvalue weighted by Crippen LogP contribution is -2.51. The Hall–Kier alpha value is -2.74. The van der Waals surface area contributed by atoms with Crippen LogP contribution >= 0.6 is 0 Å². The van der Waals surface area contributed by atoms with Gasteiger partial charge in [-0.05, 0) is 26.0 Å². The van der Waals surface area contributed by atoms with Gasteiger partial charge in [0.25, 0.3) is 5.91 Å². The molecule has 1 aromatic heterocycles. The molecule has 0 spiro atoms. The molecule has 0 bridgehead atoms. The summed E-state index contributed by atoms with van der Waals surface area (Å²) in [6.45, 7) is 4.03. The molecule has 126 valence electrons. The molecular weight excluding hydrogens is 312 g/mol. The predicted octanol–water partition coefficient (Wildman–Crippen LogP) is 0.890. The maximum atomic E-state index is 12.6. The molecule has 1 amide bonds. The highest BCUT2D eigenvalue weighted by Gasteiger charge is 2.33. The lowest BCUT2D eigenvalue weighted by molar-refractivity contribution is -0.160. The van der Waals surface area contributed by atoms with Crippen LogP contribution < -0.4 is 0 Å². The van der Waals surface area contributed by atoms with Crippen molar-refractivity contribution in [1.82, 2.24) is 19.9 Å². The zero-order valence-electron chi connectivity index (χ0n) is 13.4. The third kappa shape index (κ3) is 3.28. The van der Waals surface area contributed by atoms with Crippen LogP contribution in [0.15, 0.2) is 30.5 Å². The molecule has 0 saturated carbocycles. The average Bonchev–Trinajstić information content (AvgIpc) is 3.04. The van der Waals surface area contributed by atoms with Crippen molar-refractivity contribution in [3.63, 3.8) is 0 Å². The molecule has 1 N–H and O–H groups in total. The first-order valence-electron chi connectivity index (χ1n) is 7.61. The molecule has 2 atom stereocenters. The van der Waals surface area contributed by atoms with Crippen LogP contribution in [0.2, 0.25) is 0 Å². The molecule has 1 aliphatic heterocycles. The van der Waals surface area contributed by atoms with Crippen molar-refractivity contribution in [2.24, 2.45) is 0 Å². The Bertz CT molecular complexity index is 756. The summed E-state index contributed by atoms with van der Waals surface area (Å²) >= 11 is 0. The fraction of sp³-hybridized carbons (Fsp3) is 0.375. The summed E-state index contributed by atoms with van der Waals surface area (Å²) in [5, 5.41) is 17.0. The van der Waals surface area contributed by atoms with Gasteiger partial charge in [0.2, 0.25) is 0 Å². The summed E-state index contributed by atoms with van der Waals surface area (Å²) < 4.78 is 6.83. The summed E-state index contributed by atoms with van der Waals surface area (Å²) in [5.74, 6) is -1.43. The van der Waals surface area contributed by atoms with Crippen LogP contribution in [0.3, 0.4) is 0 Å². The number of benzene rings is 1. The second-order valence-electron chi connectivity index (χ2n) is 5.87. The number of hydrogen-bond donors (Lipinski definition) is 1. The number of morpholine rings is 1. The fourth-order valence-corrected chi connectivity index (χ4v) is 2.60. The maximum Gasteiger partial charge on any atom is 0.334 e. The molecule has 1 fully saturated rings. The molecule has 0 aliphatic carbocycles. The van der Waals surface area contributed by atoms with Gasteiger partial charge in [0.15, 0.2) is 11.8 Å². The minimum absolute atomic E-state index is 0.00407. The molecule has 8 heteroatoms. The lowest BCUT2D eigenvalue weighted by atomic mass is 10.2. The largest absolute Gasteiger partial charge is 0.479 e. The third-order valence-corrected chi connectivity index (χ3v) is 3.83. The van der Waals surface area contributed by atoms with E-state index in [1.54, 1.807) is 13.1 Å². The highest BCUT2D eigenvalue weighted by atomic mass is 16.5. The molecule has 1 unspecified atom stereocenters. The number of carboxylic acids is 1. The lowest BCUT2D eigenvalue weighted by Gasteiger charge is -2.34. The van der Waals surface area contributed by atoms with E-state index in [1.807, 2.05) is 31.2 Å². The smallest absolute Gasteiger partial charge is 0.334 e. The number of amides is 1. The van der Waals surface area contributed by atoms with Crippen LogP contribution in [0, 0.1) is 6.92 Å². The third-order valence-electron chi connectivity index (χ3n) is 3.83. The zero-order chi connectivity index (χ0) is 17.3. The summed E-state index contributed by atoms with van der Waals surface area (Å²) in [7, 11) is 0. The number of aliphatic carboxylic acids is 1. The predicted molar refractivity (Wildman–Crippen MR) is 84.0 cm³/mol. The van der Waals surface area contributed by atoms with Crippen LogP contribution in [0.25, 0.3) is 5.69 Å². The average molecular weight is 330 g/mol. The summed E-state index contributed by atoms with van der Waals surface area (Å²) in [5.41, 5.74) is 2.09. The van der Waals surface area contributed by atoms with Crippen LogP contribution in [-0.2, 0) is 9.53 Å². The van der Waals surface area contributed by atoms with Gasteiger partial charge in [0.1, 0.15) is 0 Å². The molecule has 8 nitrogen and oxygen atoms in total. The highest BCUT2D eigenvalue weighted by molar-refractivity contribution is 5.92. The van der Waals surface area contributed by atoms with E-state index in [-0.39, 0.29) is 24.2 Å². The van der Waals surface area contributed by atoms with Gasteiger partial charge in [-0.25, -0.2) is 9.48 Å². The number of nitrogens with zero attached hydrogens (tertiary/aromatic N) is 4. The Morgan fingerprint density at radius 3 is 2.62 bits per heavy atom. The van der Waals surface area contributed by atoms with Gasteiger partial charge >= 0.3 is 5.97 Å². The van der Waals surface area contributed by atoms with E-state index < -0.39 is 12.1 Å². The molecule has 2 heterocycles. The van der Waals surface area contributed by atoms with Gasteiger partial charge in [0, 0.05) is 6.54 Å². The molecule has 1 aliphatic rings. The standard InChI is InChI=1S/C16H18N4O4/c1-10-3-5-12(6-4-10)20-8-13(17-18-20)15(21)19-7-11(2)24-14(9-19)16(22)23/h3-6,8,11,14H,7,9H2,1-2H3,(H,22,23)/t11-,14?/m1/s1. The number of carbonyl (C=O) groups excluding carboxylic acids is 1. The molecule has 1 aromatic carbocycles. The van der Waals surface area contributed by atoms with Gasteiger partial charge in [-0.3, -0.25) is 4.79 Å². The molecule has 0 radical (unpaired) electrons. The monoisotopic (exact) mass is 330 g/mol. The van der Waals surface area contributed by atoms with E-state index in [4.69, 9.17) is 9.84 Å². The number of aryl methyl sites for hydroxylation is 1. The Kier molecular flexibility index (Phi) is 4.30. The number of carbonyl (C=O) groups is 2. The number of rotatable bonds is 3. The second kappa shape index (κ2) is 6.40. The molecule has 24 heavy (non-hydrogen) atoms. The second-order valence-corrected chi connectivity index (χ2v) is 5.87. The Labute approximate surface area is 138 Å². The van der Waals surface area contributed by atoms with Crippen LogP contribution in [0.4, 0.5) is 0 Å². The van der Waals surface area contributed by atoms with E-state index in [1.165, 1.54) is 9.58 Å². The fourth-order valence-electron chi connectivity index (χ4n) is 2.60. The van der Waals surface area contributed by atoms with Gasteiger partial charge in [-0.1, -0.05) is 22.9 Å². The number of ether oxygens (including phenoxy) is 1. The summed E-state index contributed by atoms with van der Waals surface area (Å²) in [4.78, 5) is 25.1. The number of carboxylic acid groups (broad SMARTS) is 1. The molecular formula is C16H18N4O4. The SMILES string of the molecule is Cc1ccc(-n2cc(C(=O)N3CC(C(=O)O)O[C@H](C)C3)nn2)cc1.